The van der Waals surface area contributed by atoms with E-state index >= 15 is 0 Å². The summed E-state index contributed by atoms with van der Waals surface area (Å²) >= 11 is 1.79. The molecular formula is C17H18FN3OS. The lowest BCUT2D eigenvalue weighted by atomic mass is 10.0. The van der Waals surface area contributed by atoms with E-state index in [1.165, 1.54) is 22.7 Å². The van der Waals surface area contributed by atoms with Gasteiger partial charge in [0.1, 0.15) is 11.6 Å². The number of halogens is 1. The van der Waals surface area contributed by atoms with Gasteiger partial charge in [0.15, 0.2) is 0 Å². The van der Waals surface area contributed by atoms with Crippen molar-refractivity contribution in [1.82, 2.24) is 9.88 Å². The van der Waals surface area contributed by atoms with Gasteiger partial charge in [-0.2, -0.15) is 0 Å². The highest BCUT2D eigenvalue weighted by Gasteiger charge is 2.33. The van der Waals surface area contributed by atoms with E-state index in [-0.39, 0.29) is 17.6 Å². The molecule has 0 aromatic carbocycles. The third-order valence-corrected chi connectivity index (χ3v) is 5.72. The van der Waals surface area contributed by atoms with Gasteiger partial charge in [0.25, 0.3) is 0 Å². The van der Waals surface area contributed by atoms with Crippen molar-refractivity contribution in [2.45, 2.75) is 19.4 Å². The van der Waals surface area contributed by atoms with E-state index in [2.05, 4.69) is 21.3 Å². The smallest absolute Gasteiger partial charge is 0.227 e. The molecule has 2 aromatic rings. The minimum atomic E-state index is -0.333. The second-order valence-corrected chi connectivity index (χ2v) is 7.15. The van der Waals surface area contributed by atoms with Crippen LogP contribution in [0, 0.1) is 11.7 Å². The summed E-state index contributed by atoms with van der Waals surface area (Å²) in [6.07, 6.45) is 3.03. The molecule has 4 nitrogen and oxygen atoms in total. The van der Waals surface area contributed by atoms with Crippen molar-refractivity contribution in [3.8, 4) is 0 Å². The summed E-state index contributed by atoms with van der Waals surface area (Å²) in [7, 11) is 0. The maximum atomic E-state index is 13.0. The Kier molecular flexibility index (Phi) is 3.77. The lowest BCUT2D eigenvalue weighted by molar-refractivity contribution is -0.135. The summed E-state index contributed by atoms with van der Waals surface area (Å²) in [4.78, 5) is 22.4. The average Bonchev–Trinajstić information content (AvgIpc) is 3.23. The molecule has 1 amide bonds. The summed E-state index contributed by atoms with van der Waals surface area (Å²) in [6, 6.07) is 5.23. The first-order chi connectivity index (χ1) is 11.2. The zero-order valence-electron chi connectivity index (χ0n) is 12.7. The van der Waals surface area contributed by atoms with Crippen LogP contribution in [0.15, 0.2) is 29.8 Å². The summed E-state index contributed by atoms with van der Waals surface area (Å²) in [5, 5.41) is 2.11. The predicted molar refractivity (Wildman–Crippen MR) is 88.0 cm³/mol. The minimum Gasteiger partial charge on any atom is -0.356 e. The van der Waals surface area contributed by atoms with Crippen molar-refractivity contribution in [2.24, 2.45) is 5.92 Å². The number of pyridine rings is 1. The number of fused-ring (bicyclic) bond motifs is 1. The molecule has 0 N–H and O–H groups in total. The highest BCUT2D eigenvalue weighted by atomic mass is 32.1. The molecule has 0 spiro atoms. The van der Waals surface area contributed by atoms with Crippen molar-refractivity contribution in [2.75, 3.05) is 24.5 Å². The number of thiophene rings is 1. The van der Waals surface area contributed by atoms with Crippen LogP contribution < -0.4 is 4.90 Å². The fraction of sp³-hybridized carbons (Fsp3) is 0.412. The van der Waals surface area contributed by atoms with Gasteiger partial charge >= 0.3 is 0 Å². The fourth-order valence-corrected chi connectivity index (χ4v) is 4.31. The summed E-state index contributed by atoms with van der Waals surface area (Å²) in [5.41, 5.74) is 1.30. The summed E-state index contributed by atoms with van der Waals surface area (Å²) in [5.74, 6) is 0.675. The molecule has 4 heterocycles. The van der Waals surface area contributed by atoms with Crippen molar-refractivity contribution in [3.05, 3.63) is 46.0 Å². The fourth-order valence-electron chi connectivity index (χ4n) is 3.42. The zero-order chi connectivity index (χ0) is 15.8. The van der Waals surface area contributed by atoms with E-state index in [4.69, 9.17) is 0 Å². The highest BCUT2D eigenvalue weighted by Crippen LogP contribution is 2.28. The first kappa shape index (κ1) is 14.6. The van der Waals surface area contributed by atoms with Gasteiger partial charge in [0.2, 0.25) is 5.91 Å². The average molecular weight is 331 g/mol. The second-order valence-electron chi connectivity index (χ2n) is 6.15. The predicted octanol–water partition coefficient (Wildman–Crippen LogP) is 2.69. The van der Waals surface area contributed by atoms with E-state index in [1.807, 2.05) is 4.90 Å². The van der Waals surface area contributed by atoms with Crippen molar-refractivity contribution in [3.63, 3.8) is 0 Å². The number of hydrogen-bond donors (Lipinski definition) is 0. The first-order valence-electron chi connectivity index (χ1n) is 7.91. The number of amides is 1. The lowest BCUT2D eigenvalue weighted by Gasteiger charge is -2.29. The Hall–Kier alpha value is -1.95. The number of nitrogens with zero attached hydrogens (tertiary/aromatic N) is 3. The Balaban J connectivity index is 1.41. The Morgan fingerprint density at radius 1 is 1.30 bits per heavy atom. The van der Waals surface area contributed by atoms with E-state index < -0.39 is 0 Å². The Morgan fingerprint density at radius 2 is 2.22 bits per heavy atom. The Morgan fingerprint density at radius 3 is 3.04 bits per heavy atom. The molecule has 1 saturated heterocycles. The molecule has 2 aromatic heterocycles. The third kappa shape index (κ3) is 2.83. The van der Waals surface area contributed by atoms with Crippen LogP contribution in [0.2, 0.25) is 0 Å². The number of aromatic nitrogens is 1. The third-order valence-electron chi connectivity index (χ3n) is 4.69. The molecule has 1 fully saturated rings. The van der Waals surface area contributed by atoms with E-state index in [0.717, 1.165) is 38.3 Å². The van der Waals surface area contributed by atoms with Gasteiger partial charge in [-0.15, -0.1) is 11.3 Å². The van der Waals surface area contributed by atoms with Crippen LogP contribution in [0.3, 0.4) is 0 Å². The number of anilines is 1. The van der Waals surface area contributed by atoms with Crippen LogP contribution in [0.25, 0.3) is 0 Å². The van der Waals surface area contributed by atoms with Crippen molar-refractivity contribution >= 4 is 23.1 Å². The molecular weight excluding hydrogens is 313 g/mol. The number of carbonyl (C=O) groups excluding carboxylic acids is 1. The van der Waals surface area contributed by atoms with Gasteiger partial charge in [-0.1, -0.05) is 0 Å². The molecule has 6 heteroatoms. The quantitative estimate of drug-likeness (QED) is 0.849. The van der Waals surface area contributed by atoms with Crippen LogP contribution in [-0.2, 0) is 17.8 Å². The molecule has 2 aliphatic rings. The lowest BCUT2D eigenvalue weighted by Crippen LogP contribution is -2.40. The maximum Gasteiger partial charge on any atom is 0.227 e. The van der Waals surface area contributed by atoms with Gasteiger partial charge in [0.05, 0.1) is 12.1 Å². The largest absolute Gasteiger partial charge is 0.356 e. The molecule has 0 bridgehead atoms. The van der Waals surface area contributed by atoms with Gasteiger partial charge in [-0.05, 0) is 42.0 Å². The molecule has 2 aliphatic heterocycles. The molecule has 1 unspecified atom stereocenters. The van der Waals surface area contributed by atoms with Crippen LogP contribution in [0.5, 0.6) is 0 Å². The molecule has 120 valence electrons. The number of rotatable bonds is 2. The molecule has 23 heavy (non-hydrogen) atoms. The van der Waals surface area contributed by atoms with Gasteiger partial charge in [0, 0.05) is 31.1 Å². The topological polar surface area (TPSA) is 36.4 Å². The van der Waals surface area contributed by atoms with E-state index in [0.29, 0.717) is 6.54 Å². The molecule has 1 atom stereocenters. The number of hydrogen-bond acceptors (Lipinski definition) is 4. The Labute approximate surface area is 138 Å². The number of carbonyl (C=O) groups is 1. The van der Waals surface area contributed by atoms with Crippen LogP contribution in [0.4, 0.5) is 10.2 Å². The first-order valence-corrected chi connectivity index (χ1v) is 8.79. The summed E-state index contributed by atoms with van der Waals surface area (Å²) < 4.78 is 13.0. The second kappa shape index (κ2) is 5.92. The maximum absolute atomic E-state index is 13.0. The standard InChI is InChI=1S/C17H18FN3OS/c18-14-1-2-16(19-9-14)20-6-3-13(11-20)17(22)21-7-4-15-12(10-21)5-8-23-15/h1-2,5,8-9,13H,3-4,6-7,10-11H2. The molecule has 4 rings (SSSR count). The minimum absolute atomic E-state index is 0.0158. The summed E-state index contributed by atoms with van der Waals surface area (Å²) in [6.45, 7) is 3.03. The normalized spacial score (nSPS) is 20.7. The van der Waals surface area contributed by atoms with Gasteiger partial charge < -0.3 is 9.80 Å². The Bertz CT molecular complexity index is 715. The molecule has 0 radical (unpaired) electrons. The van der Waals surface area contributed by atoms with Gasteiger partial charge in [-0.25, -0.2) is 9.37 Å². The van der Waals surface area contributed by atoms with Crippen molar-refractivity contribution < 1.29 is 9.18 Å². The van der Waals surface area contributed by atoms with Crippen LogP contribution >= 0.6 is 11.3 Å². The van der Waals surface area contributed by atoms with E-state index in [1.54, 1.807) is 17.4 Å². The SMILES string of the molecule is O=C(C1CCN(c2ccc(F)cn2)C1)N1CCc2sccc2C1. The monoisotopic (exact) mass is 331 g/mol. The van der Waals surface area contributed by atoms with Crippen LogP contribution in [0.1, 0.15) is 16.9 Å². The van der Waals surface area contributed by atoms with Crippen molar-refractivity contribution in [1.29, 1.82) is 0 Å². The molecule has 0 saturated carbocycles. The van der Waals surface area contributed by atoms with Gasteiger partial charge in [-0.3, -0.25) is 4.79 Å². The van der Waals surface area contributed by atoms with Crippen LogP contribution in [-0.4, -0.2) is 35.4 Å². The highest BCUT2D eigenvalue weighted by molar-refractivity contribution is 7.10. The molecule has 0 aliphatic carbocycles. The zero-order valence-corrected chi connectivity index (χ0v) is 13.6. The van der Waals surface area contributed by atoms with E-state index in [9.17, 15) is 9.18 Å².